The van der Waals surface area contributed by atoms with Crippen molar-refractivity contribution in [2.45, 2.75) is 6.17 Å². The molecule has 1 unspecified atom stereocenters. The van der Waals surface area contributed by atoms with E-state index in [1.165, 1.54) is 37.7 Å². The molecule has 0 fully saturated rings. The molecular weight excluding hydrogens is 915 g/mol. The van der Waals surface area contributed by atoms with Crippen LogP contribution in [0.3, 0.4) is 0 Å². The minimum atomic E-state index is -0.455. The lowest BCUT2D eigenvalue weighted by molar-refractivity contribution is 0.669. The van der Waals surface area contributed by atoms with Gasteiger partial charge in [0.05, 0.1) is 22.1 Å². The van der Waals surface area contributed by atoms with Gasteiger partial charge in [-0.05, 0) is 122 Å². The topological polar surface area (TPSA) is 59.8 Å². The Morgan fingerprint density at radius 1 is 0.347 bits per heavy atom. The predicted octanol–water partition coefficient (Wildman–Crippen LogP) is 17.4. The maximum absolute atomic E-state index is 6.87. The number of rotatable bonds is 6. The lowest BCUT2D eigenvalue weighted by Crippen LogP contribution is -2.33. The molecule has 350 valence electrons. The van der Waals surface area contributed by atoms with Crippen molar-refractivity contribution in [1.82, 2.24) is 14.5 Å². The minimum absolute atomic E-state index is 0.455. The van der Waals surface area contributed by atoms with Crippen molar-refractivity contribution >= 4 is 110 Å². The Kier molecular flexibility index (Phi) is 9.00. The van der Waals surface area contributed by atoms with Crippen LogP contribution in [0.4, 0.5) is 0 Å². The first-order valence-corrected chi connectivity index (χ1v) is 25.6. The van der Waals surface area contributed by atoms with E-state index in [0.29, 0.717) is 5.84 Å². The van der Waals surface area contributed by atoms with Crippen LogP contribution >= 0.6 is 0 Å². The van der Waals surface area contributed by atoms with Crippen LogP contribution in [-0.4, -0.2) is 20.8 Å². The molecule has 0 spiro atoms. The first-order valence-electron chi connectivity index (χ1n) is 25.6. The summed E-state index contributed by atoms with van der Waals surface area (Å²) in [6.07, 6.45) is -0.455. The summed E-state index contributed by atoms with van der Waals surface area (Å²) in [5, 5.41) is 17.8. The number of nitrogens with one attached hydrogen (secondary N) is 1. The van der Waals surface area contributed by atoms with Crippen LogP contribution in [0.5, 0.6) is 0 Å². The third-order valence-corrected chi connectivity index (χ3v) is 15.5. The first kappa shape index (κ1) is 41.6. The molecule has 1 atom stereocenters. The lowest BCUT2D eigenvalue weighted by atomic mass is 9.99. The first-order chi connectivity index (χ1) is 37.1. The van der Waals surface area contributed by atoms with E-state index >= 15 is 0 Å². The molecule has 0 radical (unpaired) electrons. The van der Waals surface area contributed by atoms with Gasteiger partial charge in [-0.1, -0.05) is 164 Å². The molecule has 6 heteroatoms. The molecule has 15 aromatic rings. The molecule has 0 bridgehead atoms. The minimum Gasteiger partial charge on any atom is -0.456 e. The van der Waals surface area contributed by atoms with E-state index in [1.54, 1.807) is 0 Å². The fourth-order valence-electron chi connectivity index (χ4n) is 12.0. The SMILES string of the molecule is c1ccc(-c2cccc(C3=NC(c4ccc5ccc6oc7cc(-n8c9cc%10ccccc%10cc9c9cc%10ccccc%10cc98)ccc7c6c5c4)=NC(c4cccc5c4c4ccccc4n5-c4ccccc4)N3)c2)cc1. The van der Waals surface area contributed by atoms with Crippen molar-refractivity contribution in [2.24, 2.45) is 9.98 Å². The van der Waals surface area contributed by atoms with Gasteiger partial charge in [0.2, 0.25) is 0 Å². The molecule has 4 heterocycles. The Balaban J connectivity index is 0.875. The van der Waals surface area contributed by atoms with E-state index in [2.05, 4.69) is 263 Å². The average molecular weight is 958 g/mol. The third kappa shape index (κ3) is 6.53. The highest BCUT2D eigenvalue weighted by Gasteiger charge is 2.26. The number of hydrogen-bond acceptors (Lipinski definition) is 4. The van der Waals surface area contributed by atoms with E-state index in [-0.39, 0.29) is 0 Å². The quantitative estimate of drug-likeness (QED) is 0.180. The van der Waals surface area contributed by atoms with Gasteiger partial charge in [-0.15, -0.1) is 0 Å². The summed E-state index contributed by atoms with van der Waals surface area (Å²) in [7, 11) is 0. The van der Waals surface area contributed by atoms with Gasteiger partial charge >= 0.3 is 0 Å². The monoisotopic (exact) mass is 957 g/mol. The second-order valence-electron chi connectivity index (χ2n) is 19.8. The molecule has 0 saturated carbocycles. The van der Waals surface area contributed by atoms with Crippen LogP contribution in [0.1, 0.15) is 22.9 Å². The largest absolute Gasteiger partial charge is 0.456 e. The summed E-state index contributed by atoms with van der Waals surface area (Å²) in [5.41, 5.74) is 13.7. The number of aliphatic imine (C=N–C) groups is 2. The van der Waals surface area contributed by atoms with Crippen LogP contribution in [0.25, 0.3) is 120 Å². The highest BCUT2D eigenvalue weighted by atomic mass is 16.3. The summed E-state index contributed by atoms with van der Waals surface area (Å²) < 4.78 is 11.6. The standard InChI is InChI=1S/C69H43N5O/c1-3-15-42(16-4-1)44-21-13-22-49(35-44)67-70-68(72-69(71-67)55-26-14-28-60-65(55)53-25-11-12-27-59(53)73(60)51-23-5-2-6-24-51)50-30-29-43-31-34-63-66(56(43)38-50)54-33-32-52(41-64(54)75-63)74-61-39-47-19-9-7-17-45(47)36-57(61)58-37-46-18-8-10-20-48(46)40-62(58)74/h1-41,69H,(H,70,71,72). The van der Waals surface area contributed by atoms with Crippen LogP contribution in [0.2, 0.25) is 0 Å². The molecule has 1 N–H and O–H groups in total. The number of fused-ring (bicyclic) bond motifs is 13. The van der Waals surface area contributed by atoms with Gasteiger partial charge in [-0.25, -0.2) is 9.98 Å². The Labute approximate surface area is 430 Å². The number of nitrogens with zero attached hydrogens (tertiary/aromatic N) is 4. The Bertz CT molecular complexity index is 4830. The highest BCUT2D eigenvalue weighted by Crippen LogP contribution is 2.42. The number of hydrogen-bond donors (Lipinski definition) is 1. The van der Waals surface area contributed by atoms with E-state index in [9.17, 15) is 0 Å². The van der Waals surface area contributed by atoms with E-state index in [0.717, 1.165) is 105 Å². The van der Waals surface area contributed by atoms with Gasteiger partial charge in [0.15, 0.2) is 5.84 Å². The Morgan fingerprint density at radius 2 is 0.973 bits per heavy atom. The summed E-state index contributed by atoms with van der Waals surface area (Å²) in [6, 6.07) is 89.3. The highest BCUT2D eigenvalue weighted by molar-refractivity contribution is 6.22. The maximum Gasteiger partial charge on any atom is 0.159 e. The van der Waals surface area contributed by atoms with Crippen molar-refractivity contribution in [3.8, 4) is 22.5 Å². The molecular formula is C69H43N5O. The van der Waals surface area contributed by atoms with Crippen LogP contribution < -0.4 is 5.32 Å². The van der Waals surface area contributed by atoms with Crippen molar-refractivity contribution in [3.63, 3.8) is 0 Å². The van der Waals surface area contributed by atoms with E-state index in [4.69, 9.17) is 14.4 Å². The fourth-order valence-corrected chi connectivity index (χ4v) is 12.0. The van der Waals surface area contributed by atoms with E-state index in [1.807, 2.05) is 0 Å². The summed E-state index contributed by atoms with van der Waals surface area (Å²) >= 11 is 0. The second kappa shape index (κ2) is 16.2. The average Bonchev–Trinajstić information content (AvgIpc) is 4.13. The van der Waals surface area contributed by atoms with Gasteiger partial charge in [0.1, 0.15) is 23.2 Å². The van der Waals surface area contributed by atoms with Gasteiger partial charge < -0.3 is 18.9 Å². The zero-order valence-corrected chi connectivity index (χ0v) is 40.4. The van der Waals surface area contributed by atoms with Crippen LogP contribution in [0.15, 0.2) is 263 Å². The molecule has 16 rings (SSSR count). The van der Waals surface area contributed by atoms with Gasteiger partial charge in [0, 0.05) is 66.4 Å². The van der Waals surface area contributed by atoms with Crippen molar-refractivity contribution in [3.05, 3.63) is 265 Å². The second-order valence-corrected chi connectivity index (χ2v) is 19.8. The number of aromatic nitrogens is 2. The molecule has 1 aliphatic rings. The number of furan rings is 1. The molecule has 3 aromatic heterocycles. The summed E-state index contributed by atoms with van der Waals surface area (Å²) in [4.78, 5) is 11.0. The molecule has 0 amide bonds. The molecule has 0 saturated heterocycles. The smallest absolute Gasteiger partial charge is 0.159 e. The van der Waals surface area contributed by atoms with E-state index < -0.39 is 6.17 Å². The molecule has 12 aromatic carbocycles. The summed E-state index contributed by atoms with van der Waals surface area (Å²) in [6.45, 7) is 0. The van der Waals surface area contributed by atoms with Gasteiger partial charge in [-0.3, -0.25) is 0 Å². The van der Waals surface area contributed by atoms with Crippen molar-refractivity contribution in [1.29, 1.82) is 0 Å². The molecule has 75 heavy (non-hydrogen) atoms. The zero-order valence-electron chi connectivity index (χ0n) is 40.4. The maximum atomic E-state index is 6.87. The van der Waals surface area contributed by atoms with Crippen molar-refractivity contribution in [2.75, 3.05) is 0 Å². The Morgan fingerprint density at radius 3 is 1.75 bits per heavy atom. The zero-order chi connectivity index (χ0) is 49.1. The molecule has 1 aliphatic heterocycles. The molecule has 0 aliphatic carbocycles. The van der Waals surface area contributed by atoms with Crippen molar-refractivity contribution < 1.29 is 4.42 Å². The number of para-hydroxylation sites is 2. The normalized spacial score (nSPS) is 14.0. The number of amidine groups is 2. The van der Waals surface area contributed by atoms with Gasteiger partial charge in [0.25, 0.3) is 0 Å². The van der Waals surface area contributed by atoms with Gasteiger partial charge in [-0.2, -0.15) is 0 Å². The third-order valence-electron chi connectivity index (χ3n) is 15.5. The fraction of sp³-hybridized carbons (Fsp3) is 0.0145. The predicted molar refractivity (Wildman–Crippen MR) is 312 cm³/mol. The molecule has 6 nitrogen and oxygen atoms in total. The number of benzene rings is 12. The van der Waals surface area contributed by atoms with Crippen LogP contribution in [-0.2, 0) is 0 Å². The lowest BCUT2D eigenvalue weighted by Gasteiger charge is -2.25. The summed E-state index contributed by atoms with van der Waals surface area (Å²) in [5.74, 6) is 1.42. The van der Waals surface area contributed by atoms with Crippen LogP contribution in [0, 0.1) is 0 Å². The Hall–Kier alpha value is -10.0.